The maximum absolute atomic E-state index is 11.2. The monoisotopic (exact) mass is 278 g/mol. The van der Waals surface area contributed by atoms with Gasteiger partial charge < -0.3 is 21.5 Å². The number of hydrogen-bond donors (Lipinski definition) is 5. The summed E-state index contributed by atoms with van der Waals surface area (Å²) in [6.45, 7) is -1.54. The van der Waals surface area contributed by atoms with Crippen LogP contribution in [0.2, 0.25) is 0 Å². The molecule has 0 atom stereocenters. The van der Waals surface area contributed by atoms with Gasteiger partial charge in [-0.2, -0.15) is 0 Å². The quantitative estimate of drug-likeness (QED) is 0.313. The number of hydrogen-bond acceptors (Lipinski definition) is 6. The number of carbonyl (C=O) groups excluding carboxylic acids is 3. The zero-order valence-electron chi connectivity index (χ0n) is 9.38. The van der Waals surface area contributed by atoms with Gasteiger partial charge in [0.05, 0.1) is 19.6 Å². The Balaban J connectivity index is 3.87. The van der Waals surface area contributed by atoms with E-state index < -0.39 is 36.8 Å². The lowest BCUT2D eigenvalue weighted by atomic mass is 10.5. The Hall–Kier alpha value is -1.81. The van der Waals surface area contributed by atoms with Crippen molar-refractivity contribution in [1.82, 2.24) is 14.9 Å². The number of aliphatic carboxylic acids is 1. The van der Waals surface area contributed by atoms with Gasteiger partial charge in [-0.1, -0.05) is 12.8 Å². The van der Waals surface area contributed by atoms with Crippen molar-refractivity contribution in [2.45, 2.75) is 0 Å². The molecule has 0 aliphatic carbocycles. The van der Waals surface area contributed by atoms with E-state index in [4.69, 9.17) is 10.8 Å². The van der Waals surface area contributed by atoms with E-state index in [2.05, 4.69) is 23.4 Å². The van der Waals surface area contributed by atoms with Crippen LogP contribution < -0.4 is 16.4 Å². The van der Waals surface area contributed by atoms with Crippen LogP contribution in [0.3, 0.4) is 0 Å². The second kappa shape index (κ2) is 8.31. The molecule has 18 heavy (non-hydrogen) atoms. The standard InChI is InChI=1S/C8H14N4O5S/c9-1-5(13)10-2-6(14)11-3-7(15)12(18)4-8(16)17/h18H,1-4,9H2,(H,10,13)(H,11,14)(H,16,17). The molecule has 0 saturated carbocycles. The number of amides is 3. The van der Waals surface area contributed by atoms with Crippen LogP contribution in [0.15, 0.2) is 0 Å². The summed E-state index contributed by atoms with van der Waals surface area (Å²) in [6, 6.07) is 0. The van der Waals surface area contributed by atoms with Crippen molar-refractivity contribution in [3.8, 4) is 0 Å². The largest absolute Gasteiger partial charge is 0.480 e. The summed E-state index contributed by atoms with van der Waals surface area (Å²) in [4.78, 5) is 43.4. The molecule has 102 valence electrons. The maximum Gasteiger partial charge on any atom is 0.324 e. The second-order valence-corrected chi connectivity index (χ2v) is 3.59. The minimum Gasteiger partial charge on any atom is -0.480 e. The van der Waals surface area contributed by atoms with Gasteiger partial charge in [0.2, 0.25) is 11.8 Å². The summed E-state index contributed by atoms with van der Waals surface area (Å²) >= 11 is 3.63. The van der Waals surface area contributed by atoms with Crippen LogP contribution >= 0.6 is 12.8 Å². The minimum absolute atomic E-state index is 0.241. The molecular weight excluding hydrogens is 264 g/mol. The molecule has 0 aliphatic rings. The molecule has 0 aromatic rings. The molecule has 0 radical (unpaired) electrons. The molecule has 0 spiro atoms. The van der Waals surface area contributed by atoms with Crippen LogP contribution in [-0.2, 0) is 19.2 Å². The summed E-state index contributed by atoms with van der Waals surface area (Å²) in [5.41, 5.74) is 5.00. The molecule has 0 bridgehead atoms. The van der Waals surface area contributed by atoms with E-state index in [1.54, 1.807) is 0 Å². The predicted molar refractivity (Wildman–Crippen MR) is 63.4 cm³/mol. The second-order valence-electron chi connectivity index (χ2n) is 3.10. The molecule has 9 nitrogen and oxygen atoms in total. The zero-order valence-corrected chi connectivity index (χ0v) is 10.3. The highest BCUT2D eigenvalue weighted by molar-refractivity contribution is 7.78. The van der Waals surface area contributed by atoms with E-state index in [1.165, 1.54) is 0 Å². The number of carbonyl (C=O) groups is 4. The molecule has 5 N–H and O–H groups in total. The summed E-state index contributed by atoms with van der Waals surface area (Å²) in [7, 11) is 0. The molecule has 0 aromatic carbocycles. The van der Waals surface area contributed by atoms with E-state index in [0.29, 0.717) is 4.31 Å². The topological polar surface area (TPSA) is 142 Å². The molecule has 0 fully saturated rings. The Labute approximate surface area is 108 Å². The summed E-state index contributed by atoms with van der Waals surface area (Å²) in [5, 5.41) is 12.8. The fourth-order valence-electron chi connectivity index (χ4n) is 0.795. The molecule has 0 aromatic heterocycles. The Bertz CT molecular complexity index is 348. The summed E-state index contributed by atoms with van der Waals surface area (Å²) in [6.07, 6.45) is 0. The average Bonchev–Trinajstić information content (AvgIpc) is 2.31. The van der Waals surface area contributed by atoms with Crippen molar-refractivity contribution in [2.24, 2.45) is 5.73 Å². The zero-order chi connectivity index (χ0) is 14.1. The molecule has 0 unspecified atom stereocenters. The van der Waals surface area contributed by atoms with Gasteiger partial charge in [0.1, 0.15) is 6.54 Å². The number of carboxylic acids is 1. The third-order valence-electron chi connectivity index (χ3n) is 1.64. The molecular formula is C8H14N4O5S. The van der Waals surface area contributed by atoms with Gasteiger partial charge in [-0.3, -0.25) is 23.5 Å². The molecule has 3 amide bonds. The van der Waals surface area contributed by atoms with Gasteiger partial charge in [-0.15, -0.1) is 0 Å². The number of nitrogens with zero attached hydrogens (tertiary/aromatic N) is 1. The van der Waals surface area contributed by atoms with Crippen LogP contribution in [-0.4, -0.2) is 59.3 Å². The Kier molecular flexibility index (Phi) is 7.47. The minimum atomic E-state index is -1.22. The maximum atomic E-state index is 11.2. The number of rotatable bonds is 7. The number of thiol groups is 1. The normalized spacial score (nSPS) is 9.44. The Morgan fingerprint density at radius 1 is 1.11 bits per heavy atom. The van der Waals surface area contributed by atoms with Crippen molar-refractivity contribution in [1.29, 1.82) is 0 Å². The number of nitrogens with two attached hydrogens (primary N) is 1. The third kappa shape index (κ3) is 7.46. The fourth-order valence-corrected chi connectivity index (χ4v) is 0.987. The lowest BCUT2D eigenvalue weighted by Crippen LogP contribution is -2.43. The van der Waals surface area contributed by atoms with Crippen LogP contribution in [0.25, 0.3) is 0 Å². The van der Waals surface area contributed by atoms with Gasteiger partial charge in [-0.05, 0) is 0 Å². The first-order chi connectivity index (χ1) is 8.36. The van der Waals surface area contributed by atoms with Gasteiger partial charge >= 0.3 is 5.97 Å². The van der Waals surface area contributed by atoms with E-state index in [0.717, 1.165) is 0 Å². The van der Waals surface area contributed by atoms with E-state index >= 15 is 0 Å². The van der Waals surface area contributed by atoms with Crippen LogP contribution in [0.4, 0.5) is 0 Å². The fraction of sp³-hybridized carbons (Fsp3) is 0.500. The average molecular weight is 278 g/mol. The van der Waals surface area contributed by atoms with Crippen molar-refractivity contribution >= 4 is 36.5 Å². The van der Waals surface area contributed by atoms with Gasteiger partial charge in [0.25, 0.3) is 5.91 Å². The predicted octanol–water partition coefficient (Wildman–Crippen LogP) is -3.06. The lowest BCUT2D eigenvalue weighted by molar-refractivity contribution is -0.140. The first-order valence-corrected chi connectivity index (χ1v) is 5.21. The van der Waals surface area contributed by atoms with Crippen molar-refractivity contribution < 1.29 is 24.3 Å². The molecule has 0 aliphatic heterocycles. The van der Waals surface area contributed by atoms with Gasteiger partial charge in [0, 0.05) is 0 Å². The highest BCUT2D eigenvalue weighted by Crippen LogP contribution is 1.92. The first-order valence-electron chi connectivity index (χ1n) is 4.81. The van der Waals surface area contributed by atoms with Crippen LogP contribution in [0.1, 0.15) is 0 Å². The highest BCUT2D eigenvalue weighted by Gasteiger charge is 2.14. The number of carboxylic acid groups (broad SMARTS) is 1. The van der Waals surface area contributed by atoms with Crippen molar-refractivity contribution in [3.05, 3.63) is 0 Å². The van der Waals surface area contributed by atoms with E-state index in [-0.39, 0.29) is 13.1 Å². The molecule has 0 rings (SSSR count). The smallest absolute Gasteiger partial charge is 0.324 e. The molecule has 0 heterocycles. The highest BCUT2D eigenvalue weighted by atomic mass is 32.1. The summed E-state index contributed by atoms with van der Waals surface area (Å²) < 4.78 is 0.654. The lowest BCUT2D eigenvalue weighted by Gasteiger charge is -2.13. The van der Waals surface area contributed by atoms with Gasteiger partial charge in [-0.25, -0.2) is 0 Å². The third-order valence-corrected chi connectivity index (χ3v) is 2.01. The van der Waals surface area contributed by atoms with Crippen LogP contribution in [0.5, 0.6) is 0 Å². The number of nitrogens with one attached hydrogen (secondary N) is 2. The van der Waals surface area contributed by atoms with Crippen molar-refractivity contribution in [2.75, 3.05) is 26.2 Å². The first kappa shape index (κ1) is 16.2. The molecule has 10 heteroatoms. The van der Waals surface area contributed by atoms with E-state index in [9.17, 15) is 19.2 Å². The van der Waals surface area contributed by atoms with Crippen molar-refractivity contribution in [3.63, 3.8) is 0 Å². The molecule has 0 saturated heterocycles. The SMILES string of the molecule is NCC(=O)NCC(=O)NCC(=O)N(S)CC(=O)O. The summed E-state index contributed by atoms with van der Waals surface area (Å²) in [5.74, 6) is -3.00. The van der Waals surface area contributed by atoms with E-state index in [1.807, 2.05) is 0 Å². The Morgan fingerprint density at radius 2 is 1.67 bits per heavy atom. The van der Waals surface area contributed by atoms with Crippen LogP contribution in [0, 0.1) is 0 Å². The van der Waals surface area contributed by atoms with Gasteiger partial charge in [0.15, 0.2) is 0 Å². The Morgan fingerprint density at radius 3 is 2.17 bits per heavy atom.